The highest BCUT2D eigenvalue weighted by molar-refractivity contribution is 6.52. The summed E-state index contributed by atoms with van der Waals surface area (Å²) in [6.07, 6.45) is 0.754. The molecular weight excluding hydrogens is 235 g/mol. The van der Waals surface area contributed by atoms with Crippen molar-refractivity contribution in [2.75, 3.05) is 24.5 Å². The van der Waals surface area contributed by atoms with Gasteiger partial charge in [-0.05, 0) is 37.7 Å². The van der Waals surface area contributed by atoms with Crippen molar-refractivity contribution in [1.82, 2.24) is 5.32 Å². The number of nitrogens with one attached hydrogen (secondary N) is 1. The van der Waals surface area contributed by atoms with Crippen LogP contribution >= 0.6 is 0 Å². The Kier molecular flexibility index (Phi) is 3.72. The van der Waals surface area contributed by atoms with Gasteiger partial charge in [0.15, 0.2) is 0 Å². The number of Topliss-reactive ketones (excluding diaryl/α,β-unsaturated/α-hetero) is 1. The number of carbonyl (C=O) groups excluding carboxylic acids is 2. The van der Waals surface area contributed by atoms with Gasteiger partial charge in [-0.25, -0.2) is 4.39 Å². The maximum absolute atomic E-state index is 13.0. The second-order valence-electron chi connectivity index (χ2n) is 4.15. The molecule has 0 aliphatic carbocycles. The fourth-order valence-electron chi connectivity index (χ4n) is 2.03. The zero-order valence-corrected chi connectivity index (χ0v) is 10.2. The quantitative estimate of drug-likeness (QED) is 0.634. The van der Waals surface area contributed by atoms with Crippen LogP contribution in [0.15, 0.2) is 18.2 Å². The first-order valence-electron chi connectivity index (χ1n) is 6.01. The molecule has 1 aliphatic heterocycles. The average Bonchev–Trinajstić information content (AvgIpc) is 2.59. The maximum Gasteiger partial charge on any atom is 0.299 e. The monoisotopic (exact) mass is 250 g/mol. The molecule has 5 heteroatoms. The zero-order chi connectivity index (χ0) is 13.1. The molecule has 0 radical (unpaired) electrons. The van der Waals surface area contributed by atoms with Gasteiger partial charge in [-0.1, -0.05) is 6.92 Å². The van der Waals surface area contributed by atoms with Crippen LogP contribution in [0.3, 0.4) is 0 Å². The number of benzene rings is 1. The van der Waals surface area contributed by atoms with Crippen LogP contribution in [-0.4, -0.2) is 31.3 Å². The van der Waals surface area contributed by atoms with E-state index < -0.39 is 17.5 Å². The molecule has 0 spiro atoms. The molecule has 1 aromatic rings. The van der Waals surface area contributed by atoms with Gasteiger partial charge in [-0.2, -0.15) is 0 Å². The van der Waals surface area contributed by atoms with Crippen molar-refractivity contribution >= 4 is 17.4 Å². The Balaban J connectivity index is 2.13. The minimum Gasteiger partial charge on any atom is -0.317 e. The van der Waals surface area contributed by atoms with Gasteiger partial charge < -0.3 is 10.2 Å². The number of hydrogen-bond acceptors (Lipinski definition) is 3. The third-order valence-corrected chi connectivity index (χ3v) is 2.92. The summed E-state index contributed by atoms with van der Waals surface area (Å²) in [5.41, 5.74) is 0.686. The van der Waals surface area contributed by atoms with Crippen molar-refractivity contribution in [3.8, 4) is 0 Å². The lowest BCUT2D eigenvalue weighted by Crippen LogP contribution is -2.32. The lowest BCUT2D eigenvalue weighted by atomic mass is 10.1. The SMILES string of the molecule is CCNCCCN1C(=O)C(=O)c2cc(F)ccc21. The molecule has 1 N–H and O–H groups in total. The lowest BCUT2D eigenvalue weighted by Gasteiger charge is -2.16. The van der Waals surface area contributed by atoms with E-state index in [-0.39, 0.29) is 5.56 Å². The maximum atomic E-state index is 13.0. The lowest BCUT2D eigenvalue weighted by molar-refractivity contribution is -0.114. The predicted molar refractivity (Wildman–Crippen MR) is 66.2 cm³/mol. The van der Waals surface area contributed by atoms with Crippen LogP contribution in [0.1, 0.15) is 23.7 Å². The van der Waals surface area contributed by atoms with E-state index in [4.69, 9.17) is 0 Å². The van der Waals surface area contributed by atoms with E-state index in [1.165, 1.54) is 17.0 Å². The fourth-order valence-corrected chi connectivity index (χ4v) is 2.03. The molecule has 4 nitrogen and oxygen atoms in total. The second-order valence-corrected chi connectivity index (χ2v) is 4.15. The summed E-state index contributed by atoms with van der Waals surface area (Å²) in [7, 11) is 0. The number of hydrogen-bond donors (Lipinski definition) is 1. The second kappa shape index (κ2) is 5.27. The van der Waals surface area contributed by atoms with Gasteiger partial charge in [-0.15, -0.1) is 0 Å². The minimum absolute atomic E-state index is 0.170. The van der Waals surface area contributed by atoms with Gasteiger partial charge in [0.05, 0.1) is 11.3 Å². The summed E-state index contributed by atoms with van der Waals surface area (Å²) in [4.78, 5) is 24.9. The Bertz CT molecular complexity index is 488. The highest BCUT2D eigenvalue weighted by atomic mass is 19.1. The largest absolute Gasteiger partial charge is 0.317 e. The molecule has 1 amide bonds. The van der Waals surface area contributed by atoms with Gasteiger partial charge in [-0.3, -0.25) is 9.59 Å². The number of fused-ring (bicyclic) bond motifs is 1. The summed E-state index contributed by atoms with van der Waals surface area (Å²) in [6, 6.07) is 3.88. The summed E-state index contributed by atoms with van der Waals surface area (Å²) < 4.78 is 13.0. The van der Waals surface area contributed by atoms with E-state index >= 15 is 0 Å². The Hall–Kier alpha value is -1.75. The summed E-state index contributed by atoms with van der Waals surface area (Å²) in [5, 5.41) is 3.15. The number of carbonyl (C=O) groups is 2. The topological polar surface area (TPSA) is 49.4 Å². The smallest absolute Gasteiger partial charge is 0.299 e. The molecule has 0 fully saturated rings. The Labute approximate surface area is 105 Å². The molecule has 96 valence electrons. The average molecular weight is 250 g/mol. The molecule has 0 saturated carbocycles. The van der Waals surface area contributed by atoms with Crippen LogP contribution < -0.4 is 10.2 Å². The highest BCUT2D eigenvalue weighted by Crippen LogP contribution is 2.29. The van der Waals surface area contributed by atoms with E-state index in [2.05, 4.69) is 5.32 Å². The summed E-state index contributed by atoms with van der Waals surface area (Å²) >= 11 is 0. The molecular formula is C13H15FN2O2. The van der Waals surface area contributed by atoms with Gasteiger partial charge >= 0.3 is 0 Å². The number of ketones is 1. The molecule has 0 bridgehead atoms. The van der Waals surface area contributed by atoms with Crippen molar-refractivity contribution in [2.24, 2.45) is 0 Å². The zero-order valence-electron chi connectivity index (χ0n) is 10.2. The van der Waals surface area contributed by atoms with Crippen LogP contribution in [0.5, 0.6) is 0 Å². The van der Waals surface area contributed by atoms with E-state index in [9.17, 15) is 14.0 Å². The van der Waals surface area contributed by atoms with Gasteiger partial charge in [0.1, 0.15) is 5.82 Å². The fraction of sp³-hybridized carbons (Fsp3) is 0.385. The first kappa shape index (κ1) is 12.7. The number of anilines is 1. The van der Waals surface area contributed by atoms with Crippen LogP contribution in [0.4, 0.5) is 10.1 Å². The van der Waals surface area contributed by atoms with E-state index in [0.717, 1.165) is 25.6 Å². The standard InChI is InChI=1S/C13H15FN2O2/c1-2-15-6-3-7-16-11-5-4-9(14)8-10(11)12(17)13(16)18/h4-5,8,15H,2-3,6-7H2,1H3. The molecule has 0 atom stereocenters. The third-order valence-electron chi connectivity index (χ3n) is 2.92. The van der Waals surface area contributed by atoms with E-state index in [1.807, 2.05) is 6.92 Å². The molecule has 18 heavy (non-hydrogen) atoms. The number of amides is 1. The number of nitrogens with zero attached hydrogens (tertiary/aromatic N) is 1. The van der Waals surface area contributed by atoms with Crippen molar-refractivity contribution in [3.63, 3.8) is 0 Å². The van der Waals surface area contributed by atoms with Crippen molar-refractivity contribution < 1.29 is 14.0 Å². The highest BCUT2D eigenvalue weighted by Gasteiger charge is 2.35. The predicted octanol–water partition coefficient (Wildman–Crippen LogP) is 1.35. The number of halogens is 1. The van der Waals surface area contributed by atoms with Crippen LogP contribution in [0.25, 0.3) is 0 Å². The number of rotatable bonds is 5. The van der Waals surface area contributed by atoms with E-state index in [1.54, 1.807) is 0 Å². The van der Waals surface area contributed by atoms with Crippen LogP contribution in [0, 0.1) is 5.82 Å². The summed E-state index contributed by atoms with van der Waals surface area (Å²) in [5.74, 6) is -1.68. The van der Waals surface area contributed by atoms with Gasteiger partial charge in [0.2, 0.25) is 0 Å². The van der Waals surface area contributed by atoms with Crippen molar-refractivity contribution in [3.05, 3.63) is 29.6 Å². The first-order chi connectivity index (χ1) is 8.65. The van der Waals surface area contributed by atoms with Gasteiger partial charge in [0.25, 0.3) is 11.7 Å². The van der Waals surface area contributed by atoms with Crippen LogP contribution in [-0.2, 0) is 4.79 Å². The molecule has 1 aliphatic rings. The van der Waals surface area contributed by atoms with Crippen molar-refractivity contribution in [2.45, 2.75) is 13.3 Å². The Morgan fingerprint density at radius 1 is 1.33 bits per heavy atom. The third kappa shape index (κ3) is 2.26. The Morgan fingerprint density at radius 2 is 2.11 bits per heavy atom. The summed E-state index contributed by atoms with van der Waals surface area (Å²) in [6.45, 7) is 4.12. The first-order valence-corrected chi connectivity index (χ1v) is 6.01. The van der Waals surface area contributed by atoms with Gasteiger partial charge in [0, 0.05) is 6.54 Å². The normalized spacial score (nSPS) is 14.2. The van der Waals surface area contributed by atoms with E-state index in [0.29, 0.717) is 12.2 Å². The molecule has 2 rings (SSSR count). The van der Waals surface area contributed by atoms with Crippen molar-refractivity contribution in [1.29, 1.82) is 0 Å². The molecule has 1 aromatic carbocycles. The minimum atomic E-state index is -0.618. The molecule has 0 aromatic heterocycles. The Morgan fingerprint density at radius 3 is 2.83 bits per heavy atom. The molecule has 0 saturated heterocycles. The molecule has 0 unspecified atom stereocenters. The van der Waals surface area contributed by atoms with Crippen LogP contribution in [0.2, 0.25) is 0 Å². The molecule has 1 heterocycles.